The van der Waals surface area contributed by atoms with E-state index in [0.717, 1.165) is 66.7 Å². The summed E-state index contributed by atoms with van der Waals surface area (Å²) >= 11 is 0. The highest BCUT2D eigenvalue weighted by molar-refractivity contribution is 6.10. The van der Waals surface area contributed by atoms with Gasteiger partial charge in [-0.25, -0.2) is 0 Å². The van der Waals surface area contributed by atoms with E-state index in [2.05, 4.69) is 37.0 Å². The van der Waals surface area contributed by atoms with E-state index in [-0.39, 0.29) is 23.7 Å². The standard InChI is InChI=1S/C51H67NO6/c1-35-8-7-20-49(2)47(45-18-12-37(25-42(53)15-11-35)26-46(45)48(55)41-13-16-44(57-3)17-14-41)19-21-51(49,56)34-52(30-43(54)32-58-31-36-9-5-4-6-10-36)33-50-27-38-22-39(28-50)24-40(23-38)29-50/h4-6,8-10,12-14,16-18,26,38-40,42-43,47,53-54,56H,7,11,15,19-25,27-34H2,1-3H3. The molecule has 5 unspecified atom stereocenters. The van der Waals surface area contributed by atoms with Gasteiger partial charge in [0.2, 0.25) is 0 Å². The first-order chi connectivity index (χ1) is 27.9. The second-order valence-electron chi connectivity index (χ2n) is 19.7. The quantitative estimate of drug-likeness (QED) is 0.117. The van der Waals surface area contributed by atoms with Crippen molar-refractivity contribution < 1.29 is 29.6 Å². The summed E-state index contributed by atoms with van der Waals surface area (Å²) in [6.45, 7) is 6.97. The first-order valence-electron chi connectivity index (χ1n) is 22.3. The van der Waals surface area contributed by atoms with Crippen molar-refractivity contribution in [3.05, 3.63) is 112 Å². The summed E-state index contributed by atoms with van der Waals surface area (Å²) in [7, 11) is 1.63. The number of ether oxygens (including phenoxy) is 2. The Kier molecular flexibility index (Phi) is 12.4. The molecular formula is C51H67NO6. The van der Waals surface area contributed by atoms with E-state index in [9.17, 15) is 20.1 Å². The van der Waals surface area contributed by atoms with Crippen molar-refractivity contribution in [1.82, 2.24) is 4.90 Å². The molecule has 3 aromatic rings. The van der Waals surface area contributed by atoms with Gasteiger partial charge in [0.15, 0.2) is 5.78 Å². The fraction of sp³-hybridized carbons (Fsp3) is 0.588. The lowest BCUT2D eigenvalue weighted by atomic mass is 9.49. The topological polar surface area (TPSA) is 99.5 Å². The second kappa shape index (κ2) is 17.3. The molecule has 10 rings (SSSR count). The lowest BCUT2D eigenvalue weighted by Gasteiger charge is -2.58. The maximum atomic E-state index is 14.6. The first kappa shape index (κ1) is 41.4. The summed E-state index contributed by atoms with van der Waals surface area (Å²) in [5, 5.41) is 36.1. The van der Waals surface area contributed by atoms with Crippen LogP contribution >= 0.6 is 0 Å². The van der Waals surface area contributed by atoms with Crippen LogP contribution in [-0.4, -0.2) is 77.2 Å². The van der Waals surface area contributed by atoms with E-state index in [1.54, 1.807) is 7.11 Å². The Labute approximate surface area is 346 Å². The second-order valence-corrected chi connectivity index (χ2v) is 19.7. The Balaban J connectivity index is 1.12. The summed E-state index contributed by atoms with van der Waals surface area (Å²) in [6, 6.07) is 23.7. The molecule has 0 saturated heterocycles. The minimum absolute atomic E-state index is 0.0447. The molecule has 312 valence electrons. The lowest BCUT2D eigenvalue weighted by molar-refractivity contribution is -0.115. The highest BCUT2D eigenvalue weighted by Gasteiger charge is 2.58. The fourth-order valence-corrected chi connectivity index (χ4v) is 12.8. The van der Waals surface area contributed by atoms with Crippen molar-refractivity contribution in [1.29, 1.82) is 0 Å². The van der Waals surface area contributed by atoms with Gasteiger partial charge in [-0.15, -0.1) is 0 Å². The molecule has 0 spiro atoms. The van der Waals surface area contributed by atoms with Gasteiger partial charge in [-0.1, -0.05) is 61.0 Å². The molecule has 0 radical (unpaired) electrons. The van der Waals surface area contributed by atoms with Gasteiger partial charge in [0.25, 0.3) is 0 Å². The van der Waals surface area contributed by atoms with Crippen LogP contribution < -0.4 is 4.74 Å². The molecule has 7 aliphatic rings. The maximum Gasteiger partial charge on any atom is 0.193 e. The Bertz CT molecular complexity index is 1870. The Morgan fingerprint density at radius 3 is 2.31 bits per heavy atom. The van der Waals surface area contributed by atoms with Crippen LogP contribution in [0.2, 0.25) is 0 Å². The minimum Gasteiger partial charge on any atom is -0.497 e. The molecule has 6 bridgehead atoms. The van der Waals surface area contributed by atoms with E-state index >= 15 is 0 Å². The Morgan fingerprint density at radius 2 is 1.62 bits per heavy atom. The van der Waals surface area contributed by atoms with Crippen LogP contribution in [-0.2, 0) is 17.8 Å². The predicted molar refractivity (Wildman–Crippen MR) is 229 cm³/mol. The normalized spacial score (nSPS) is 32.5. The minimum atomic E-state index is -1.06. The van der Waals surface area contributed by atoms with Crippen LogP contribution in [0.5, 0.6) is 5.75 Å². The van der Waals surface area contributed by atoms with Gasteiger partial charge in [0.1, 0.15) is 5.75 Å². The lowest BCUT2D eigenvalue weighted by Crippen LogP contribution is -2.57. The number of ketones is 1. The van der Waals surface area contributed by atoms with Crippen molar-refractivity contribution in [2.75, 3.05) is 33.4 Å². The summed E-state index contributed by atoms with van der Waals surface area (Å²) in [5.41, 5.74) is 4.17. The largest absolute Gasteiger partial charge is 0.497 e. The Hall–Kier alpha value is -3.33. The first-order valence-corrected chi connectivity index (χ1v) is 22.3. The van der Waals surface area contributed by atoms with Gasteiger partial charge < -0.3 is 24.8 Å². The maximum absolute atomic E-state index is 14.6. The SMILES string of the molecule is COc1ccc(C(=O)c2cc3ccc2C2CCC(O)(CN(CC(O)COCc4ccccc4)CC45CC6CC(CC(C6)C4)C5)C2(C)CCC=C(C)CCC(O)C3)cc1. The van der Waals surface area contributed by atoms with Crippen molar-refractivity contribution in [2.45, 2.75) is 128 Å². The average Bonchev–Trinajstić information content (AvgIpc) is 3.44. The van der Waals surface area contributed by atoms with Crippen LogP contribution in [0.15, 0.2) is 84.4 Å². The third kappa shape index (κ3) is 8.90. The molecule has 5 atom stereocenters. The number of rotatable bonds is 13. The van der Waals surface area contributed by atoms with Crippen molar-refractivity contribution in [2.24, 2.45) is 28.6 Å². The number of fused-ring (bicyclic) bond motifs is 8. The van der Waals surface area contributed by atoms with E-state index in [1.807, 2.05) is 60.7 Å². The van der Waals surface area contributed by atoms with E-state index < -0.39 is 23.2 Å². The van der Waals surface area contributed by atoms with Crippen LogP contribution in [0.3, 0.4) is 0 Å². The van der Waals surface area contributed by atoms with E-state index in [1.165, 1.54) is 44.1 Å². The van der Waals surface area contributed by atoms with Gasteiger partial charge in [-0.05, 0) is 167 Å². The number of carbonyl (C=O) groups is 1. The molecule has 7 nitrogen and oxygen atoms in total. The van der Waals surface area contributed by atoms with Gasteiger partial charge in [-0.2, -0.15) is 0 Å². The molecule has 0 amide bonds. The third-order valence-corrected chi connectivity index (χ3v) is 15.4. The van der Waals surface area contributed by atoms with Gasteiger partial charge >= 0.3 is 0 Å². The van der Waals surface area contributed by atoms with Crippen LogP contribution in [0.1, 0.15) is 129 Å². The predicted octanol–water partition coefficient (Wildman–Crippen LogP) is 9.06. The van der Waals surface area contributed by atoms with E-state index in [0.29, 0.717) is 55.8 Å². The molecule has 7 aliphatic carbocycles. The van der Waals surface area contributed by atoms with Crippen LogP contribution in [0, 0.1) is 28.6 Å². The molecule has 5 fully saturated rings. The fourth-order valence-electron chi connectivity index (χ4n) is 12.8. The van der Waals surface area contributed by atoms with Crippen molar-refractivity contribution in [3.63, 3.8) is 0 Å². The van der Waals surface area contributed by atoms with Crippen molar-refractivity contribution in [3.8, 4) is 5.75 Å². The molecule has 58 heavy (non-hydrogen) atoms. The number of hydrogen-bond acceptors (Lipinski definition) is 7. The number of benzene rings is 3. The number of aliphatic hydroxyl groups excluding tert-OH is 2. The van der Waals surface area contributed by atoms with Crippen LogP contribution in [0.25, 0.3) is 0 Å². The zero-order valence-electron chi connectivity index (χ0n) is 35.2. The molecule has 3 N–H and O–H groups in total. The molecule has 5 saturated carbocycles. The molecule has 0 aromatic heterocycles. The number of methoxy groups -OCH3 is 1. The van der Waals surface area contributed by atoms with Gasteiger partial charge in [-0.3, -0.25) is 9.69 Å². The zero-order valence-corrected chi connectivity index (χ0v) is 35.2. The molecule has 0 heterocycles. The number of aliphatic hydroxyl groups is 3. The van der Waals surface area contributed by atoms with Crippen LogP contribution in [0.4, 0.5) is 0 Å². The third-order valence-electron chi connectivity index (χ3n) is 15.4. The number of carbonyl (C=O) groups excluding carboxylic acids is 1. The zero-order chi connectivity index (χ0) is 40.5. The summed E-state index contributed by atoms with van der Waals surface area (Å²) in [5.74, 6) is 3.02. The molecule has 0 aliphatic heterocycles. The summed E-state index contributed by atoms with van der Waals surface area (Å²) < 4.78 is 11.5. The van der Waals surface area contributed by atoms with Gasteiger partial charge in [0, 0.05) is 36.2 Å². The summed E-state index contributed by atoms with van der Waals surface area (Å²) in [6.07, 6.45) is 13.9. The number of hydrogen-bond donors (Lipinski definition) is 3. The smallest absolute Gasteiger partial charge is 0.193 e. The van der Waals surface area contributed by atoms with Gasteiger partial charge in [0.05, 0.1) is 38.1 Å². The molecule has 7 heteroatoms. The Morgan fingerprint density at radius 1 is 0.914 bits per heavy atom. The molecular weight excluding hydrogens is 723 g/mol. The molecule has 3 aromatic carbocycles. The van der Waals surface area contributed by atoms with Crippen molar-refractivity contribution >= 4 is 5.78 Å². The average molecular weight is 790 g/mol. The summed E-state index contributed by atoms with van der Waals surface area (Å²) in [4.78, 5) is 17.0. The number of allylic oxidation sites excluding steroid dienone is 2. The highest BCUT2D eigenvalue weighted by Crippen LogP contribution is 2.62. The highest BCUT2D eigenvalue weighted by atomic mass is 16.5. The van der Waals surface area contributed by atoms with E-state index in [4.69, 9.17) is 9.47 Å². The monoisotopic (exact) mass is 789 g/mol. The number of nitrogens with zero attached hydrogens (tertiary/aromatic N) is 1.